The van der Waals surface area contributed by atoms with Crippen LogP contribution in [0.25, 0.3) is 22.2 Å². The largest absolute Gasteiger partial charge is 0.353 e. The molecule has 0 amide bonds. The highest BCUT2D eigenvalue weighted by Crippen LogP contribution is 2.33. The summed E-state index contributed by atoms with van der Waals surface area (Å²) in [6.45, 7) is 6.58. The van der Waals surface area contributed by atoms with E-state index in [1.807, 2.05) is 18.2 Å². The van der Waals surface area contributed by atoms with Crippen LogP contribution in [0.3, 0.4) is 0 Å². The van der Waals surface area contributed by atoms with Gasteiger partial charge in [-0.15, -0.1) is 0 Å². The molecule has 0 aliphatic heterocycles. The normalized spacial score (nSPS) is 11.8. The molecule has 3 rings (SSSR count). The van der Waals surface area contributed by atoms with Gasteiger partial charge in [0.15, 0.2) is 6.29 Å². The highest BCUT2D eigenvalue weighted by molar-refractivity contribution is 9.10. The number of carbonyl (C=O) groups excluding carboxylic acids is 1. The van der Waals surface area contributed by atoms with Crippen molar-refractivity contribution in [2.75, 3.05) is 0 Å². The van der Waals surface area contributed by atoms with Crippen LogP contribution in [0.5, 0.6) is 0 Å². The lowest BCUT2D eigenvalue weighted by Crippen LogP contribution is -2.10. The van der Waals surface area contributed by atoms with Gasteiger partial charge in [-0.3, -0.25) is 4.79 Å². The molecule has 1 aromatic heterocycles. The molecule has 2 nitrogen and oxygen atoms in total. The van der Waals surface area contributed by atoms with E-state index in [1.54, 1.807) is 0 Å². The van der Waals surface area contributed by atoms with Crippen molar-refractivity contribution in [1.82, 2.24) is 4.98 Å². The number of aromatic amines is 1. The van der Waals surface area contributed by atoms with Gasteiger partial charge in [-0.2, -0.15) is 0 Å². The van der Waals surface area contributed by atoms with Gasteiger partial charge in [-0.1, -0.05) is 57.2 Å². The summed E-state index contributed by atoms with van der Waals surface area (Å²) in [7, 11) is 0. The summed E-state index contributed by atoms with van der Waals surface area (Å²) in [6.07, 6.45) is 0.929. The molecule has 112 valence electrons. The molecule has 0 spiro atoms. The van der Waals surface area contributed by atoms with E-state index < -0.39 is 0 Å². The van der Waals surface area contributed by atoms with Gasteiger partial charge in [-0.25, -0.2) is 0 Å². The van der Waals surface area contributed by atoms with Crippen molar-refractivity contribution >= 4 is 33.1 Å². The summed E-state index contributed by atoms with van der Waals surface area (Å²) in [4.78, 5) is 15.0. The Balaban J connectivity index is 2.18. The first-order chi connectivity index (χ1) is 10.4. The van der Waals surface area contributed by atoms with Gasteiger partial charge in [0.25, 0.3) is 0 Å². The SMILES string of the molecule is CC(C)(C)c1ccc(-c2[nH]c3c(Br)cccc3c2C=O)cc1. The highest BCUT2D eigenvalue weighted by atomic mass is 79.9. The number of H-pyrrole nitrogens is 1. The minimum Gasteiger partial charge on any atom is -0.353 e. The summed E-state index contributed by atoms with van der Waals surface area (Å²) >= 11 is 3.54. The Morgan fingerprint density at radius 1 is 1.05 bits per heavy atom. The van der Waals surface area contributed by atoms with E-state index in [1.165, 1.54) is 5.56 Å². The van der Waals surface area contributed by atoms with Crippen LogP contribution in [0.4, 0.5) is 0 Å². The molecular weight excluding hydrogens is 338 g/mol. The fraction of sp³-hybridized carbons (Fsp3) is 0.211. The Labute approximate surface area is 138 Å². The van der Waals surface area contributed by atoms with E-state index in [2.05, 4.69) is 66.0 Å². The van der Waals surface area contributed by atoms with Crippen molar-refractivity contribution in [1.29, 1.82) is 0 Å². The Hall–Kier alpha value is -1.87. The van der Waals surface area contributed by atoms with Crippen molar-refractivity contribution in [2.45, 2.75) is 26.2 Å². The highest BCUT2D eigenvalue weighted by Gasteiger charge is 2.16. The molecule has 0 saturated carbocycles. The van der Waals surface area contributed by atoms with Crippen molar-refractivity contribution < 1.29 is 4.79 Å². The number of aromatic nitrogens is 1. The monoisotopic (exact) mass is 355 g/mol. The van der Waals surface area contributed by atoms with Crippen LogP contribution in [0.1, 0.15) is 36.7 Å². The Morgan fingerprint density at radius 2 is 1.73 bits per heavy atom. The zero-order valence-corrected chi connectivity index (χ0v) is 14.5. The molecule has 1 heterocycles. The molecule has 3 heteroatoms. The van der Waals surface area contributed by atoms with Crippen LogP contribution in [0, 0.1) is 0 Å². The number of nitrogens with one attached hydrogen (secondary N) is 1. The molecule has 0 fully saturated rings. The Bertz CT molecular complexity index is 838. The van der Waals surface area contributed by atoms with Crippen LogP contribution in [0.2, 0.25) is 0 Å². The predicted octanol–water partition coefficient (Wildman–Crippen LogP) is 5.71. The lowest BCUT2D eigenvalue weighted by molar-refractivity contribution is 0.112. The second-order valence-corrected chi connectivity index (χ2v) is 7.38. The second-order valence-electron chi connectivity index (χ2n) is 6.52. The maximum atomic E-state index is 11.6. The van der Waals surface area contributed by atoms with Gasteiger partial charge in [0.1, 0.15) is 0 Å². The smallest absolute Gasteiger partial charge is 0.152 e. The number of para-hydroxylation sites is 1. The lowest BCUT2D eigenvalue weighted by Gasteiger charge is -2.19. The zero-order valence-electron chi connectivity index (χ0n) is 12.9. The van der Waals surface area contributed by atoms with Gasteiger partial charge >= 0.3 is 0 Å². The third-order valence-corrected chi connectivity index (χ3v) is 4.64. The standard InChI is InChI=1S/C19H18BrNO/c1-19(2,3)13-9-7-12(8-10-13)17-15(11-22)14-5-4-6-16(20)18(14)21-17/h4-11,21H,1-3H3. The molecule has 0 aliphatic carbocycles. The Morgan fingerprint density at radius 3 is 2.32 bits per heavy atom. The number of benzene rings is 2. The first-order valence-electron chi connectivity index (χ1n) is 7.28. The molecule has 0 saturated heterocycles. The third kappa shape index (κ3) is 2.50. The molecular formula is C19H18BrNO. The van der Waals surface area contributed by atoms with E-state index in [0.29, 0.717) is 5.56 Å². The fourth-order valence-electron chi connectivity index (χ4n) is 2.69. The minimum absolute atomic E-state index is 0.121. The first kappa shape index (κ1) is 15.0. The molecule has 22 heavy (non-hydrogen) atoms. The quantitative estimate of drug-likeness (QED) is 0.587. The molecule has 0 unspecified atom stereocenters. The second kappa shape index (κ2) is 5.40. The van der Waals surface area contributed by atoms with Crippen LogP contribution in [-0.4, -0.2) is 11.3 Å². The van der Waals surface area contributed by atoms with Crippen molar-refractivity contribution in [2.24, 2.45) is 0 Å². The minimum atomic E-state index is 0.121. The Kier molecular flexibility index (Phi) is 3.69. The fourth-order valence-corrected chi connectivity index (χ4v) is 3.15. The maximum absolute atomic E-state index is 11.6. The molecule has 0 radical (unpaired) electrons. The number of hydrogen-bond donors (Lipinski definition) is 1. The van der Waals surface area contributed by atoms with E-state index >= 15 is 0 Å². The van der Waals surface area contributed by atoms with Crippen molar-refractivity contribution in [3.8, 4) is 11.3 Å². The predicted molar refractivity (Wildman–Crippen MR) is 95.5 cm³/mol. The lowest BCUT2D eigenvalue weighted by atomic mass is 9.86. The van der Waals surface area contributed by atoms with Crippen molar-refractivity contribution in [3.05, 3.63) is 58.1 Å². The summed E-state index contributed by atoms with van der Waals surface area (Å²) in [6, 6.07) is 14.3. The van der Waals surface area contributed by atoms with Gasteiger partial charge in [-0.05, 0) is 38.5 Å². The third-order valence-electron chi connectivity index (χ3n) is 3.98. The number of aldehydes is 1. The van der Waals surface area contributed by atoms with Gasteiger partial charge < -0.3 is 4.98 Å². The van der Waals surface area contributed by atoms with Crippen LogP contribution in [-0.2, 0) is 5.41 Å². The molecule has 2 aromatic carbocycles. The molecule has 0 atom stereocenters. The average molecular weight is 356 g/mol. The topological polar surface area (TPSA) is 32.9 Å². The van der Waals surface area contributed by atoms with Crippen LogP contribution in [0.15, 0.2) is 46.9 Å². The van der Waals surface area contributed by atoms with Crippen LogP contribution < -0.4 is 0 Å². The van der Waals surface area contributed by atoms with Gasteiger partial charge in [0.05, 0.1) is 11.2 Å². The van der Waals surface area contributed by atoms with Gasteiger partial charge in [0, 0.05) is 15.4 Å². The van der Waals surface area contributed by atoms with E-state index in [4.69, 9.17) is 0 Å². The van der Waals surface area contributed by atoms with Crippen molar-refractivity contribution in [3.63, 3.8) is 0 Å². The number of hydrogen-bond acceptors (Lipinski definition) is 1. The van der Waals surface area contributed by atoms with Gasteiger partial charge in [0.2, 0.25) is 0 Å². The number of carbonyl (C=O) groups is 1. The maximum Gasteiger partial charge on any atom is 0.152 e. The summed E-state index contributed by atoms with van der Waals surface area (Å²) in [5, 5.41) is 0.944. The molecule has 0 bridgehead atoms. The molecule has 1 N–H and O–H groups in total. The van der Waals surface area contributed by atoms with E-state index in [9.17, 15) is 4.79 Å². The summed E-state index contributed by atoms with van der Waals surface area (Å²) in [5.41, 5.74) is 4.96. The van der Waals surface area contributed by atoms with E-state index in [0.717, 1.165) is 32.9 Å². The first-order valence-corrected chi connectivity index (χ1v) is 8.07. The number of halogens is 1. The molecule has 0 aliphatic rings. The van der Waals surface area contributed by atoms with E-state index in [-0.39, 0.29) is 5.41 Å². The number of fused-ring (bicyclic) bond motifs is 1. The molecule has 3 aromatic rings. The summed E-state index contributed by atoms with van der Waals surface area (Å²) < 4.78 is 0.964. The summed E-state index contributed by atoms with van der Waals surface area (Å²) in [5.74, 6) is 0. The van der Waals surface area contributed by atoms with Crippen LogP contribution >= 0.6 is 15.9 Å². The average Bonchev–Trinajstić information content (AvgIpc) is 2.86. The zero-order chi connectivity index (χ0) is 15.9. The number of rotatable bonds is 2.